The van der Waals surface area contributed by atoms with E-state index in [1.165, 1.54) is 0 Å². The van der Waals surface area contributed by atoms with Crippen LogP contribution in [0.15, 0.2) is 30.3 Å². The summed E-state index contributed by atoms with van der Waals surface area (Å²) in [4.78, 5) is 26.7. The van der Waals surface area contributed by atoms with E-state index in [1.54, 1.807) is 18.1 Å². The summed E-state index contributed by atoms with van der Waals surface area (Å²) in [6.45, 7) is 5.27. The van der Waals surface area contributed by atoms with Crippen molar-refractivity contribution in [3.05, 3.63) is 53.0 Å². The SMILES string of the molecule is COc1ccccc1-c1cc(C(=O)N2CC(C(=O)NCCc3c(C)n[nH]c3C)C2)[nH]n1. The van der Waals surface area contributed by atoms with Crippen LogP contribution in [-0.2, 0) is 11.2 Å². The predicted molar refractivity (Wildman–Crippen MR) is 115 cm³/mol. The number of aromatic nitrogens is 4. The van der Waals surface area contributed by atoms with E-state index in [0.29, 0.717) is 36.8 Å². The third-order valence-electron chi connectivity index (χ3n) is 5.69. The standard InChI is InChI=1S/C22H26N6O3/c1-13-16(14(2)25-24-13)8-9-23-21(29)15-11-28(12-15)22(30)19-10-18(26-27-19)17-6-4-5-7-20(17)31-3/h4-7,10,15H,8-9,11-12H2,1-3H3,(H,23,29)(H,24,25)(H,26,27). The zero-order valence-corrected chi connectivity index (χ0v) is 17.9. The summed E-state index contributed by atoms with van der Waals surface area (Å²) in [6, 6.07) is 9.22. The van der Waals surface area contributed by atoms with Crippen LogP contribution in [0.3, 0.4) is 0 Å². The van der Waals surface area contributed by atoms with Crippen LogP contribution in [0.5, 0.6) is 5.75 Å². The highest BCUT2D eigenvalue weighted by molar-refractivity contribution is 5.95. The Bertz CT molecular complexity index is 1080. The Kier molecular flexibility index (Phi) is 5.75. The molecule has 1 aliphatic heterocycles. The Morgan fingerprint density at radius 3 is 2.68 bits per heavy atom. The molecule has 0 bridgehead atoms. The van der Waals surface area contributed by atoms with Gasteiger partial charge in [-0.25, -0.2) is 0 Å². The number of nitrogens with zero attached hydrogens (tertiary/aromatic N) is 3. The molecule has 1 aliphatic rings. The third-order valence-corrected chi connectivity index (χ3v) is 5.69. The smallest absolute Gasteiger partial charge is 0.271 e. The summed E-state index contributed by atoms with van der Waals surface area (Å²) in [7, 11) is 1.60. The molecule has 4 rings (SSSR count). The molecule has 0 saturated carbocycles. The van der Waals surface area contributed by atoms with Crippen molar-refractivity contribution in [1.29, 1.82) is 0 Å². The van der Waals surface area contributed by atoms with Crippen LogP contribution in [0.1, 0.15) is 27.4 Å². The van der Waals surface area contributed by atoms with Gasteiger partial charge >= 0.3 is 0 Å². The van der Waals surface area contributed by atoms with Crippen LogP contribution in [-0.4, -0.2) is 63.9 Å². The maximum absolute atomic E-state index is 12.7. The van der Waals surface area contributed by atoms with E-state index in [1.807, 2.05) is 38.1 Å². The van der Waals surface area contributed by atoms with Crippen LogP contribution in [0.4, 0.5) is 0 Å². The number of ether oxygens (including phenoxy) is 1. The number of hydrogen-bond donors (Lipinski definition) is 3. The first-order valence-electron chi connectivity index (χ1n) is 10.2. The first-order valence-corrected chi connectivity index (χ1v) is 10.2. The quantitative estimate of drug-likeness (QED) is 0.537. The molecule has 2 aromatic heterocycles. The average Bonchev–Trinajstić information content (AvgIpc) is 3.35. The Hall–Kier alpha value is -3.62. The highest BCUT2D eigenvalue weighted by Crippen LogP contribution is 2.29. The zero-order valence-electron chi connectivity index (χ0n) is 17.9. The molecule has 0 unspecified atom stereocenters. The van der Waals surface area contributed by atoms with Gasteiger partial charge in [0, 0.05) is 30.9 Å². The third kappa shape index (κ3) is 4.16. The van der Waals surface area contributed by atoms with Gasteiger partial charge in [-0.2, -0.15) is 10.2 Å². The lowest BCUT2D eigenvalue weighted by molar-refractivity contribution is -0.128. The molecule has 1 saturated heterocycles. The van der Waals surface area contributed by atoms with Gasteiger partial charge in [-0.3, -0.25) is 19.8 Å². The molecular weight excluding hydrogens is 396 g/mol. The number of rotatable bonds is 7. The van der Waals surface area contributed by atoms with E-state index in [2.05, 4.69) is 25.7 Å². The lowest BCUT2D eigenvalue weighted by Crippen LogP contribution is -2.56. The van der Waals surface area contributed by atoms with Gasteiger partial charge in [0.05, 0.1) is 24.4 Å². The van der Waals surface area contributed by atoms with Gasteiger partial charge in [0.1, 0.15) is 11.4 Å². The van der Waals surface area contributed by atoms with Crippen molar-refractivity contribution in [2.24, 2.45) is 5.92 Å². The second-order valence-electron chi connectivity index (χ2n) is 7.73. The first-order chi connectivity index (χ1) is 15.0. The highest BCUT2D eigenvalue weighted by Gasteiger charge is 2.36. The Labute approximate surface area is 180 Å². The molecule has 0 atom stereocenters. The molecule has 3 heterocycles. The lowest BCUT2D eigenvalue weighted by Gasteiger charge is -2.37. The van der Waals surface area contributed by atoms with Gasteiger partial charge in [-0.1, -0.05) is 12.1 Å². The molecular formula is C22H26N6O3. The number of likely N-dealkylation sites (tertiary alicyclic amines) is 1. The summed E-state index contributed by atoms with van der Waals surface area (Å²) >= 11 is 0. The van der Waals surface area contributed by atoms with Crippen molar-refractivity contribution < 1.29 is 14.3 Å². The molecule has 0 radical (unpaired) electrons. The van der Waals surface area contributed by atoms with Crippen molar-refractivity contribution in [2.75, 3.05) is 26.7 Å². The number of H-pyrrole nitrogens is 2. The number of amides is 2. The van der Waals surface area contributed by atoms with E-state index in [9.17, 15) is 9.59 Å². The Morgan fingerprint density at radius 2 is 1.97 bits per heavy atom. The summed E-state index contributed by atoms with van der Waals surface area (Å²) in [5, 5.41) is 17.1. The van der Waals surface area contributed by atoms with Crippen molar-refractivity contribution in [3.63, 3.8) is 0 Å². The topological polar surface area (TPSA) is 116 Å². The van der Waals surface area contributed by atoms with Crippen LogP contribution in [0.25, 0.3) is 11.3 Å². The fraction of sp³-hybridized carbons (Fsp3) is 0.364. The molecule has 2 amide bonds. The number of carbonyl (C=O) groups is 2. The number of carbonyl (C=O) groups excluding carboxylic acids is 2. The van der Waals surface area contributed by atoms with Gasteiger partial charge in [-0.15, -0.1) is 0 Å². The van der Waals surface area contributed by atoms with E-state index in [0.717, 1.165) is 28.9 Å². The fourth-order valence-corrected chi connectivity index (χ4v) is 3.80. The predicted octanol–water partition coefficient (Wildman–Crippen LogP) is 1.86. The minimum Gasteiger partial charge on any atom is -0.496 e. The Balaban J connectivity index is 1.28. The number of para-hydroxylation sites is 1. The molecule has 9 nitrogen and oxygen atoms in total. The van der Waals surface area contributed by atoms with Crippen LogP contribution >= 0.6 is 0 Å². The van der Waals surface area contributed by atoms with Gasteiger partial charge in [0.25, 0.3) is 5.91 Å². The molecule has 0 aliphatic carbocycles. The number of nitrogens with one attached hydrogen (secondary N) is 3. The van der Waals surface area contributed by atoms with E-state index < -0.39 is 0 Å². The minimum atomic E-state index is -0.188. The van der Waals surface area contributed by atoms with Crippen LogP contribution in [0, 0.1) is 19.8 Å². The molecule has 1 aromatic carbocycles. The first kappa shape index (κ1) is 20.6. The molecule has 3 aromatic rings. The summed E-state index contributed by atoms with van der Waals surface area (Å²) in [6.07, 6.45) is 0.731. The molecule has 31 heavy (non-hydrogen) atoms. The largest absolute Gasteiger partial charge is 0.496 e. The number of aryl methyl sites for hydroxylation is 2. The maximum atomic E-state index is 12.7. The van der Waals surface area contributed by atoms with E-state index in [-0.39, 0.29) is 17.7 Å². The lowest BCUT2D eigenvalue weighted by atomic mass is 9.98. The average molecular weight is 422 g/mol. The van der Waals surface area contributed by atoms with Crippen LogP contribution in [0.2, 0.25) is 0 Å². The normalized spacial score (nSPS) is 13.7. The number of methoxy groups -OCH3 is 1. The van der Waals surface area contributed by atoms with Gasteiger partial charge < -0.3 is 15.0 Å². The second kappa shape index (κ2) is 8.63. The van der Waals surface area contributed by atoms with Crippen molar-refractivity contribution in [3.8, 4) is 17.0 Å². The van der Waals surface area contributed by atoms with E-state index >= 15 is 0 Å². The van der Waals surface area contributed by atoms with Gasteiger partial charge in [0.15, 0.2) is 0 Å². The van der Waals surface area contributed by atoms with Crippen molar-refractivity contribution in [1.82, 2.24) is 30.6 Å². The van der Waals surface area contributed by atoms with Crippen molar-refractivity contribution in [2.45, 2.75) is 20.3 Å². The van der Waals surface area contributed by atoms with Crippen molar-refractivity contribution >= 4 is 11.8 Å². The molecule has 3 N–H and O–H groups in total. The number of benzene rings is 1. The fourth-order valence-electron chi connectivity index (χ4n) is 3.80. The highest BCUT2D eigenvalue weighted by atomic mass is 16.5. The summed E-state index contributed by atoms with van der Waals surface area (Å²) in [5.74, 6) is 0.311. The summed E-state index contributed by atoms with van der Waals surface area (Å²) < 4.78 is 5.36. The number of aromatic amines is 2. The van der Waals surface area contributed by atoms with Gasteiger partial charge in [0.2, 0.25) is 5.91 Å². The molecule has 162 valence electrons. The molecule has 0 spiro atoms. The monoisotopic (exact) mass is 422 g/mol. The Morgan fingerprint density at radius 1 is 1.19 bits per heavy atom. The van der Waals surface area contributed by atoms with E-state index in [4.69, 9.17) is 4.74 Å². The number of hydrogen-bond acceptors (Lipinski definition) is 5. The minimum absolute atomic E-state index is 0.0258. The zero-order chi connectivity index (χ0) is 22.0. The second-order valence-corrected chi connectivity index (χ2v) is 7.73. The van der Waals surface area contributed by atoms with Gasteiger partial charge in [-0.05, 0) is 44.0 Å². The van der Waals surface area contributed by atoms with Crippen LogP contribution < -0.4 is 10.1 Å². The summed E-state index contributed by atoms with van der Waals surface area (Å²) in [5.41, 5.74) is 4.96. The maximum Gasteiger partial charge on any atom is 0.271 e. The molecule has 1 fully saturated rings. The molecule has 9 heteroatoms.